The summed E-state index contributed by atoms with van der Waals surface area (Å²) in [4.78, 5) is 4.38. The number of rotatable bonds is 5. The lowest BCUT2D eigenvalue weighted by atomic mass is 10.1. The Balaban J connectivity index is 0.00000254. The summed E-state index contributed by atoms with van der Waals surface area (Å²) in [6.07, 6.45) is 9.96. The Labute approximate surface area is 153 Å². The number of thioether (sulfide) groups is 1. The highest BCUT2D eigenvalue weighted by molar-refractivity contribution is 8.06. The largest absolute Gasteiger partial charge is 0.364 e. The second-order valence-electron chi connectivity index (χ2n) is 5.33. The number of allylic oxidation sites excluding steroid dienone is 5. The summed E-state index contributed by atoms with van der Waals surface area (Å²) in [5, 5.41) is 2.16. The van der Waals surface area contributed by atoms with Crippen molar-refractivity contribution < 1.29 is 0 Å². The molecule has 1 aromatic heterocycles. The van der Waals surface area contributed by atoms with Gasteiger partial charge >= 0.3 is 0 Å². The Kier molecular flexibility index (Phi) is 11.6. The van der Waals surface area contributed by atoms with Crippen LogP contribution < -0.4 is 0 Å². The van der Waals surface area contributed by atoms with E-state index in [4.69, 9.17) is 0 Å². The third-order valence-corrected chi connectivity index (χ3v) is 4.12. The minimum atomic E-state index is 0.392. The fourth-order valence-corrected chi connectivity index (χ4v) is 2.53. The van der Waals surface area contributed by atoms with Gasteiger partial charge in [-0.25, -0.2) is 0 Å². The van der Waals surface area contributed by atoms with Crippen LogP contribution in [0.1, 0.15) is 58.4 Å². The number of aryl methyl sites for hydroxylation is 1. The van der Waals surface area contributed by atoms with Crippen LogP contribution >= 0.6 is 11.8 Å². The minimum absolute atomic E-state index is 0.392. The van der Waals surface area contributed by atoms with Gasteiger partial charge in [-0.15, -0.1) is 0 Å². The number of hydrogen-bond acceptors (Lipinski definition) is 1. The predicted molar refractivity (Wildman–Crippen MR) is 114 cm³/mol. The summed E-state index contributed by atoms with van der Waals surface area (Å²) < 4.78 is 0. The molecule has 0 fully saturated rings. The van der Waals surface area contributed by atoms with Crippen molar-refractivity contribution in [3.05, 3.63) is 58.1 Å². The van der Waals surface area contributed by atoms with Gasteiger partial charge in [0.05, 0.1) is 4.91 Å². The fraction of sp³-hybridized carbons (Fsp3) is 0.364. The van der Waals surface area contributed by atoms with Gasteiger partial charge in [0.25, 0.3) is 0 Å². The highest BCUT2D eigenvalue weighted by Crippen LogP contribution is 2.27. The molecule has 0 amide bonds. The van der Waals surface area contributed by atoms with Crippen molar-refractivity contribution in [3.8, 4) is 11.8 Å². The molecule has 0 aliphatic carbocycles. The summed E-state index contributed by atoms with van der Waals surface area (Å²) in [7, 11) is 0. The first-order valence-corrected chi connectivity index (χ1v) is 9.36. The van der Waals surface area contributed by atoms with Crippen molar-refractivity contribution in [2.45, 2.75) is 48.5 Å². The summed E-state index contributed by atoms with van der Waals surface area (Å²) in [5.41, 5.74) is 4.82. The lowest BCUT2D eigenvalue weighted by molar-refractivity contribution is 0.867. The van der Waals surface area contributed by atoms with E-state index in [1.165, 1.54) is 16.7 Å². The zero-order valence-corrected chi connectivity index (χ0v) is 17.0. The van der Waals surface area contributed by atoms with Crippen LogP contribution in [0.5, 0.6) is 0 Å². The van der Waals surface area contributed by atoms with E-state index in [0.29, 0.717) is 5.92 Å². The highest BCUT2D eigenvalue weighted by atomic mass is 32.2. The summed E-state index contributed by atoms with van der Waals surface area (Å²) in [6, 6.07) is 0. The van der Waals surface area contributed by atoms with Gasteiger partial charge < -0.3 is 4.98 Å². The smallest absolute Gasteiger partial charge is 0.0572 e. The first-order valence-electron chi connectivity index (χ1n) is 8.48. The minimum Gasteiger partial charge on any atom is -0.364 e. The van der Waals surface area contributed by atoms with Crippen molar-refractivity contribution in [2.75, 3.05) is 0 Å². The first-order chi connectivity index (χ1) is 11.5. The Bertz CT molecular complexity index is 658. The van der Waals surface area contributed by atoms with E-state index in [0.717, 1.165) is 10.6 Å². The molecule has 0 unspecified atom stereocenters. The molecule has 2 heteroatoms. The lowest BCUT2D eigenvalue weighted by Crippen LogP contribution is -1.82. The quantitative estimate of drug-likeness (QED) is 0.442. The zero-order chi connectivity index (χ0) is 18.5. The van der Waals surface area contributed by atoms with Crippen LogP contribution in [0.15, 0.2) is 41.3 Å². The molecule has 0 aliphatic heterocycles. The van der Waals surface area contributed by atoms with Crippen LogP contribution in [0, 0.1) is 24.7 Å². The first kappa shape index (κ1) is 22.1. The van der Waals surface area contributed by atoms with Gasteiger partial charge in [0.1, 0.15) is 0 Å². The lowest BCUT2D eigenvalue weighted by Gasteiger charge is -2.02. The molecule has 1 heterocycles. The standard InChI is InChI=1S/C20H25NS.C2H6/c1-7-9-10-19-17(6)21-13-20(19)16(5)14-22-18(8-2)12-11-15(3)4;1-2/h7-10,13-15,21H,1H2,2-6H3;1-2H3/b10-9-,16-14+,18-8-;. The van der Waals surface area contributed by atoms with Crippen LogP contribution in [0.4, 0.5) is 0 Å². The van der Waals surface area contributed by atoms with E-state index in [2.05, 4.69) is 74.9 Å². The predicted octanol–water partition coefficient (Wildman–Crippen LogP) is 7.21. The van der Waals surface area contributed by atoms with Crippen LogP contribution in [0.25, 0.3) is 11.6 Å². The van der Waals surface area contributed by atoms with Gasteiger partial charge in [0.2, 0.25) is 0 Å². The molecule has 24 heavy (non-hydrogen) atoms. The summed E-state index contributed by atoms with van der Waals surface area (Å²) in [6.45, 7) is 18.2. The average molecular weight is 342 g/mol. The molecule has 0 radical (unpaired) electrons. The van der Waals surface area contributed by atoms with Crippen molar-refractivity contribution >= 4 is 23.4 Å². The third kappa shape index (κ3) is 7.62. The maximum Gasteiger partial charge on any atom is 0.0572 e. The van der Waals surface area contributed by atoms with Crippen molar-refractivity contribution in [1.29, 1.82) is 0 Å². The fourth-order valence-electron chi connectivity index (χ4n) is 1.84. The molecule has 130 valence electrons. The van der Waals surface area contributed by atoms with Gasteiger partial charge in [-0.1, -0.05) is 82.2 Å². The normalized spacial score (nSPS) is 11.8. The number of H-pyrrole nitrogens is 1. The Morgan fingerprint density at radius 2 is 2.00 bits per heavy atom. The van der Waals surface area contributed by atoms with Crippen molar-refractivity contribution in [2.24, 2.45) is 5.92 Å². The maximum absolute atomic E-state index is 3.73. The molecule has 0 aromatic carbocycles. The zero-order valence-electron chi connectivity index (χ0n) is 16.2. The van der Waals surface area contributed by atoms with E-state index >= 15 is 0 Å². The van der Waals surface area contributed by atoms with E-state index in [1.54, 1.807) is 17.8 Å². The van der Waals surface area contributed by atoms with Crippen molar-refractivity contribution in [1.82, 2.24) is 4.98 Å². The van der Waals surface area contributed by atoms with Crippen molar-refractivity contribution in [3.63, 3.8) is 0 Å². The van der Waals surface area contributed by atoms with E-state index in [-0.39, 0.29) is 0 Å². The second-order valence-corrected chi connectivity index (χ2v) is 6.24. The molecule has 1 rings (SSSR count). The number of hydrogen-bond donors (Lipinski definition) is 1. The molecule has 1 aromatic rings. The molecule has 1 nitrogen and oxygen atoms in total. The Hall–Kier alpha value is -1.85. The van der Waals surface area contributed by atoms with Gasteiger partial charge in [0.15, 0.2) is 0 Å². The average Bonchev–Trinajstić information content (AvgIpc) is 2.95. The van der Waals surface area contributed by atoms with Gasteiger partial charge in [0, 0.05) is 28.9 Å². The second kappa shape index (κ2) is 12.6. The molecule has 0 saturated heterocycles. The van der Waals surface area contributed by atoms with E-state index in [9.17, 15) is 0 Å². The van der Waals surface area contributed by atoms with E-state index in [1.807, 2.05) is 26.8 Å². The molecule has 1 N–H and O–H groups in total. The van der Waals surface area contributed by atoms with Crippen LogP contribution in [0.2, 0.25) is 0 Å². The SMILES string of the molecule is C=C/C=C\c1c(/C(C)=C/S/C(C#CC(C)C)=C\C)c[nH]c1C.CC. The van der Waals surface area contributed by atoms with E-state index < -0.39 is 0 Å². The van der Waals surface area contributed by atoms with Crippen LogP contribution in [-0.4, -0.2) is 4.98 Å². The summed E-state index contributed by atoms with van der Waals surface area (Å²) in [5.74, 6) is 6.82. The molecule has 0 bridgehead atoms. The third-order valence-electron chi connectivity index (χ3n) is 3.06. The highest BCUT2D eigenvalue weighted by Gasteiger charge is 2.07. The van der Waals surface area contributed by atoms with Gasteiger partial charge in [-0.3, -0.25) is 0 Å². The monoisotopic (exact) mass is 341 g/mol. The molecule has 0 saturated carbocycles. The van der Waals surface area contributed by atoms with Crippen LogP contribution in [0.3, 0.4) is 0 Å². The number of nitrogens with one attached hydrogen (secondary N) is 1. The topological polar surface area (TPSA) is 15.8 Å². The maximum atomic E-state index is 3.73. The van der Waals surface area contributed by atoms with Gasteiger partial charge in [-0.2, -0.15) is 0 Å². The molecule has 0 atom stereocenters. The Morgan fingerprint density at radius 1 is 1.33 bits per heavy atom. The molecular formula is C22H31NS. The summed E-state index contributed by atoms with van der Waals surface area (Å²) >= 11 is 1.68. The van der Waals surface area contributed by atoms with Gasteiger partial charge in [-0.05, 0) is 31.8 Å². The number of aromatic nitrogens is 1. The number of aromatic amines is 1. The van der Waals surface area contributed by atoms with Crippen LogP contribution in [-0.2, 0) is 0 Å². The Morgan fingerprint density at radius 3 is 2.54 bits per heavy atom. The molecule has 0 spiro atoms. The molecule has 0 aliphatic rings. The molecular weight excluding hydrogens is 310 g/mol.